The monoisotopic (exact) mass is 342 g/mol. The van der Waals surface area contributed by atoms with Gasteiger partial charge in [0.1, 0.15) is 17.0 Å². The van der Waals surface area contributed by atoms with Gasteiger partial charge in [0.05, 0.1) is 20.1 Å². The van der Waals surface area contributed by atoms with Gasteiger partial charge in [-0.3, -0.25) is 9.48 Å². The molecule has 0 aliphatic heterocycles. The molecular weight excluding hydrogens is 324 g/mol. The van der Waals surface area contributed by atoms with E-state index in [0.717, 1.165) is 5.56 Å². The summed E-state index contributed by atoms with van der Waals surface area (Å²) in [6.45, 7) is 0. The van der Waals surface area contributed by atoms with Gasteiger partial charge in [-0.1, -0.05) is 12.1 Å². The number of ether oxygens (including phenoxy) is 2. The van der Waals surface area contributed by atoms with E-state index in [2.05, 4.69) is 9.84 Å². The van der Waals surface area contributed by atoms with Gasteiger partial charge in [0, 0.05) is 18.8 Å². The molecule has 0 saturated carbocycles. The molecule has 0 saturated heterocycles. The minimum Gasteiger partial charge on any atom is -0.505 e. The molecule has 0 spiro atoms. The maximum atomic E-state index is 12.9. The van der Waals surface area contributed by atoms with Gasteiger partial charge in [-0.15, -0.1) is 0 Å². The molecule has 3 rings (SSSR count). The molecular formula is C18H18N2O5. The SMILES string of the molecule is COC(=O)C1=C(O)c2nn(C)cc2C(Cc2ccc(OC)cc2)C1=O. The Kier molecular flexibility index (Phi) is 4.31. The van der Waals surface area contributed by atoms with Crippen molar-refractivity contribution in [3.8, 4) is 5.75 Å². The van der Waals surface area contributed by atoms with E-state index in [1.54, 1.807) is 32.5 Å². The zero-order chi connectivity index (χ0) is 18.1. The van der Waals surface area contributed by atoms with E-state index in [1.165, 1.54) is 11.8 Å². The first-order chi connectivity index (χ1) is 12.0. The number of carbonyl (C=O) groups is 2. The molecule has 0 fully saturated rings. The molecule has 1 aromatic heterocycles. The predicted octanol–water partition coefficient (Wildman–Crippen LogP) is 1.78. The molecule has 0 amide bonds. The van der Waals surface area contributed by atoms with Crippen LogP contribution in [-0.2, 0) is 27.8 Å². The Labute approximate surface area is 144 Å². The summed E-state index contributed by atoms with van der Waals surface area (Å²) >= 11 is 0. The first-order valence-electron chi connectivity index (χ1n) is 7.68. The molecule has 25 heavy (non-hydrogen) atoms. The van der Waals surface area contributed by atoms with E-state index >= 15 is 0 Å². The zero-order valence-corrected chi connectivity index (χ0v) is 14.1. The van der Waals surface area contributed by atoms with Gasteiger partial charge in [-0.2, -0.15) is 5.10 Å². The fraction of sp³-hybridized carbons (Fsp3) is 0.278. The lowest BCUT2D eigenvalue weighted by molar-refractivity contribution is -0.138. The van der Waals surface area contributed by atoms with Crippen LogP contribution in [0.1, 0.15) is 22.7 Å². The molecule has 1 unspecified atom stereocenters. The summed E-state index contributed by atoms with van der Waals surface area (Å²) in [6, 6.07) is 7.33. The van der Waals surface area contributed by atoms with Crippen molar-refractivity contribution < 1.29 is 24.2 Å². The fourth-order valence-electron chi connectivity index (χ4n) is 3.00. The van der Waals surface area contributed by atoms with E-state index in [-0.39, 0.29) is 11.3 Å². The summed E-state index contributed by atoms with van der Waals surface area (Å²) in [6.07, 6.45) is 2.06. The van der Waals surface area contributed by atoms with Crippen LogP contribution in [0.25, 0.3) is 5.76 Å². The van der Waals surface area contributed by atoms with Crippen LogP contribution in [0, 0.1) is 0 Å². The second-order valence-corrected chi connectivity index (χ2v) is 5.79. The van der Waals surface area contributed by atoms with Crippen LogP contribution in [0.2, 0.25) is 0 Å². The van der Waals surface area contributed by atoms with Crippen LogP contribution in [0.4, 0.5) is 0 Å². The predicted molar refractivity (Wildman–Crippen MR) is 89.2 cm³/mol. The van der Waals surface area contributed by atoms with Crippen molar-refractivity contribution >= 4 is 17.5 Å². The number of aliphatic hydroxyl groups is 1. The van der Waals surface area contributed by atoms with Crippen LogP contribution in [0.15, 0.2) is 36.0 Å². The summed E-state index contributed by atoms with van der Waals surface area (Å²) in [5.74, 6) is -1.67. The number of fused-ring (bicyclic) bond motifs is 1. The number of methoxy groups -OCH3 is 2. The van der Waals surface area contributed by atoms with Crippen molar-refractivity contribution in [2.24, 2.45) is 7.05 Å². The number of Topliss-reactive ketones (excluding diaryl/α,β-unsaturated/α-hetero) is 1. The molecule has 1 heterocycles. The molecule has 2 aromatic rings. The Balaban J connectivity index is 2.03. The number of benzene rings is 1. The van der Waals surface area contributed by atoms with E-state index in [9.17, 15) is 14.7 Å². The van der Waals surface area contributed by atoms with Crippen molar-refractivity contribution in [2.45, 2.75) is 12.3 Å². The highest BCUT2D eigenvalue weighted by Crippen LogP contribution is 2.37. The normalized spacial score (nSPS) is 16.6. The van der Waals surface area contributed by atoms with Gasteiger partial charge in [0.25, 0.3) is 0 Å². The van der Waals surface area contributed by atoms with Crippen molar-refractivity contribution in [3.05, 3.63) is 52.9 Å². The fourth-order valence-corrected chi connectivity index (χ4v) is 3.00. The molecule has 0 bridgehead atoms. The first-order valence-corrected chi connectivity index (χ1v) is 7.68. The highest BCUT2D eigenvalue weighted by atomic mass is 16.5. The van der Waals surface area contributed by atoms with Crippen molar-refractivity contribution in [1.82, 2.24) is 9.78 Å². The zero-order valence-electron chi connectivity index (χ0n) is 14.1. The first kappa shape index (κ1) is 16.8. The molecule has 7 heteroatoms. The summed E-state index contributed by atoms with van der Waals surface area (Å²) in [5.41, 5.74) is 1.38. The molecule has 1 aliphatic carbocycles. The quantitative estimate of drug-likeness (QED) is 0.673. The minimum absolute atomic E-state index is 0.237. The number of esters is 1. The number of ketones is 1. The van der Waals surface area contributed by atoms with Gasteiger partial charge in [0.15, 0.2) is 11.5 Å². The summed E-state index contributed by atoms with van der Waals surface area (Å²) in [5, 5.41) is 14.5. The lowest BCUT2D eigenvalue weighted by Gasteiger charge is -2.22. The second kappa shape index (κ2) is 6.43. The standard InChI is InChI=1S/C18H18N2O5/c1-20-9-13-12(8-10-4-6-11(24-2)7-5-10)16(21)14(18(23)25-3)17(22)15(13)19-20/h4-7,9,12,22H,8H2,1-3H3. The van der Waals surface area contributed by atoms with E-state index < -0.39 is 23.4 Å². The number of rotatable bonds is 4. The maximum absolute atomic E-state index is 12.9. The molecule has 1 aromatic carbocycles. The van der Waals surface area contributed by atoms with Gasteiger partial charge in [-0.25, -0.2) is 4.79 Å². The number of aromatic nitrogens is 2. The average molecular weight is 342 g/mol. The number of hydrogen-bond donors (Lipinski definition) is 1. The van der Waals surface area contributed by atoms with Gasteiger partial charge < -0.3 is 14.6 Å². The number of hydrogen-bond acceptors (Lipinski definition) is 6. The molecule has 1 aliphatic rings. The largest absolute Gasteiger partial charge is 0.505 e. The summed E-state index contributed by atoms with van der Waals surface area (Å²) < 4.78 is 11.3. The average Bonchev–Trinajstić information content (AvgIpc) is 3.01. The lowest BCUT2D eigenvalue weighted by atomic mass is 9.80. The minimum atomic E-state index is -0.862. The molecule has 130 valence electrons. The Morgan fingerprint density at radius 2 is 1.96 bits per heavy atom. The van der Waals surface area contributed by atoms with Crippen LogP contribution < -0.4 is 4.74 Å². The molecule has 1 atom stereocenters. The summed E-state index contributed by atoms with van der Waals surface area (Å²) in [4.78, 5) is 24.8. The van der Waals surface area contributed by atoms with Crippen molar-refractivity contribution in [1.29, 1.82) is 0 Å². The molecule has 7 nitrogen and oxygen atoms in total. The number of carbonyl (C=O) groups excluding carboxylic acids is 2. The molecule has 1 N–H and O–H groups in total. The Morgan fingerprint density at radius 1 is 1.28 bits per heavy atom. The van der Waals surface area contributed by atoms with Crippen LogP contribution in [-0.4, -0.2) is 40.9 Å². The lowest BCUT2D eigenvalue weighted by Crippen LogP contribution is -2.28. The van der Waals surface area contributed by atoms with Gasteiger partial charge in [0.2, 0.25) is 0 Å². The topological polar surface area (TPSA) is 90.7 Å². The Morgan fingerprint density at radius 3 is 2.56 bits per heavy atom. The van der Waals surface area contributed by atoms with E-state index in [1.807, 2.05) is 12.1 Å². The van der Waals surface area contributed by atoms with Crippen molar-refractivity contribution in [3.63, 3.8) is 0 Å². The van der Waals surface area contributed by atoms with Gasteiger partial charge in [-0.05, 0) is 24.1 Å². The number of aryl methyl sites for hydroxylation is 1. The highest BCUT2D eigenvalue weighted by molar-refractivity contribution is 6.25. The van der Waals surface area contributed by atoms with E-state index in [4.69, 9.17) is 4.74 Å². The highest BCUT2D eigenvalue weighted by Gasteiger charge is 2.40. The van der Waals surface area contributed by atoms with E-state index in [0.29, 0.717) is 17.7 Å². The van der Waals surface area contributed by atoms with Crippen LogP contribution in [0.3, 0.4) is 0 Å². The molecule has 0 radical (unpaired) electrons. The summed E-state index contributed by atoms with van der Waals surface area (Å²) in [7, 11) is 4.44. The smallest absolute Gasteiger partial charge is 0.345 e. The third-order valence-electron chi connectivity index (χ3n) is 4.24. The maximum Gasteiger partial charge on any atom is 0.345 e. The Hall–Kier alpha value is -3.09. The number of nitrogens with zero attached hydrogens (tertiary/aromatic N) is 2. The number of aliphatic hydroxyl groups excluding tert-OH is 1. The van der Waals surface area contributed by atoms with Gasteiger partial charge >= 0.3 is 5.97 Å². The van der Waals surface area contributed by atoms with Crippen LogP contribution >= 0.6 is 0 Å². The van der Waals surface area contributed by atoms with Crippen molar-refractivity contribution in [2.75, 3.05) is 14.2 Å². The van der Waals surface area contributed by atoms with Crippen LogP contribution in [0.5, 0.6) is 5.75 Å². The third kappa shape index (κ3) is 2.88. The third-order valence-corrected chi connectivity index (χ3v) is 4.24. The second-order valence-electron chi connectivity index (χ2n) is 5.79. The Bertz CT molecular complexity index is 864.